The van der Waals surface area contributed by atoms with Crippen LogP contribution in [0.3, 0.4) is 0 Å². The van der Waals surface area contributed by atoms with E-state index in [-0.39, 0.29) is 5.60 Å². The first kappa shape index (κ1) is 18.4. The van der Waals surface area contributed by atoms with Crippen molar-refractivity contribution < 1.29 is 19.4 Å². The first-order valence-corrected chi connectivity index (χ1v) is 8.88. The minimum Gasteiger partial charge on any atom is -0.491 e. The number of likely N-dealkylation sites (tertiary alicyclic amines) is 1. The molecular weight excluding hydrogens is 330 g/mol. The summed E-state index contributed by atoms with van der Waals surface area (Å²) in [4.78, 5) is 13.5. The van der Waals surface area contributed by atoms with E-state index in [4.69, 9.17) is 14.6 Å². The number of benzene rings is 2. The first-order chi connectivity index (χ1) is 12.6. The van der Waals surface area contributed by atoms with Crippen molar-refractivity contribution in [2.24, 2.45) is 0 Å². The highest BCUT2D eigenvalue weighted by molar-refractivity contribution is 5.87. The Labute approximate surface area is 154 Å². The van der Waals surface area contributed by atoms with E-state index in [9.17, 15) is 4.79 Å². The fraction of sp³-hybridized carbons (Fsp3) is 0.381. The second-order valence-electron chi connectivity index (χ2n) is 6.81. The van der Waals surface area contributed by atoms with E-state index in [2.05, 4.69) is 4.90 Å². The van der Waals surface area contributed by atoms with Gasteiger partial charge in [0.15, 0.2) is 0 Å². The number of para-hydroxylation sites is 1. The zero-order valence-corrected chi connectivity index (χ0v) is 15.1. The third kappa shape index (κ3) is 4.62. The van der Waals surface area contributed by atoms with Crippen LogP contribution in [-0.2, 0) is 11.3 Å². The van der Waals surface area contributed by atoms with Gasteiger partial charge in [0.2, 0.25) is 0 Å². The molecule has 1 fully saturated rings. The summed E-state index contributed by atoms with van der Waals surface area (Å²) < 4.78 is 11.8. The van der Waals surface area contributed by atoms with E-state index in [1.165, 1.54) is 0 Å². The van der Waals surface area contributed by atoms with Crippen molar-refractivity contribution in [3.63, 3.8) is 0 Å². The number of carboxylic acids is 1. The maximum absolute atomic E-state index is 11.2. The normalized spacial score (nSPS) is 20.7. The van der Waals surface area contributed by atoms with E-state index in [1.807, 2.05) is 36.4 Å². The van der Waals surface area contributed by atoms with Crippen LogP contribution in [0.4, 0.5) is 0 Å². The summed E-state index contributed by atoms with van der Waals surface area (Å²) in [5.41, 5.74) is 0.976. The molecule has 138 valence electrons. The number of carboxylic acid groups (broad SMARTS) is 1. The summed E-state index contributed by atoms with van der Waals surface area (Å²) in [5, 5.41) is 9.16. The molecule has 0 bridgehead atoms. The van der Waals surface area contributed by atoms with E-state index in [1.54, 1.807) is 25.3 Å². The number of hydrogen-bond acceptors (Lipinski definition) is 4. The summed E-state index contributed by atoms with van der Waals surface area (Å²) >= 11 is 0. The molecule has 1 N–H and O–H groups in total. The number of rotatable bonds is 7. The van der Waals surface area contributed by atoms with Crippen molar-refractivity contribution >= 4 is 5.97 Å². The minimum absolute atomic E-state index is 0.324. The summed E-state index contributed by atoms with van der Waals surface area (Å²) in [6.45, 7) is 2.93. The summed E-state index contributed by atoms with van der Waals surface area (Å²) in [6, 6.07) is 16.9. The Bertz CT molecular complexity index is 734. The lowest BCUT2D eigenvalue weighted by Crippen LogP contribution is -2.52. The lowest BCUT2D eigenvalue weighted by molar-refractivity contribution is -0.0908. The number of carbonyl (C=O) groups is 1. The number of ether oxygens (including phenoxy) is 2. The molecule has 3 rings (SSSR count). The van der Waals surface area contributed by atoms with Crippen LogP contribution in [0.2, 0.25) is 0 Å². The average molecular weight is 355 g/mol. The maximum Gasteiger partial charge on any atom is 0.335 e. The van der Waals surface area contributed by atoms with Gasteiger partial charge in [0.1, 0.15) is 18.0 Å². The molecule has 1 saturated heterocycles. The largest absolute Gasteiger partial charge is 0.491 e. The highest BCUT2D eigenvalue weighted by Gasteiger charge is 2.36. The molecule has 1 heterocycles. The van der Waals surface area contributed by atoms with Gasteiger partial charge in [-0.1, -0.05) is 30.3 Å². The molecule has 2 aromatic carbocycles. The summed E-state index contributed by atoms with van der Waals surface area (Å²) in [7, 11) is 1.74. The van der Waals surface area contributed by atoms with Gasteiger partial charge in [-0.2, -0.15) is 0 Å². The first-order valence-electron chi connectivity index (χ1n) is 8.88. The Morgan fingerprint density at radius 1 is 1.19 bits per heavy atom. The second-order valence-corrected chi connectivity index (χ2v) is 6.81. The van der Waals surface area contributed by atoms with Gasteiger partial charge in [0, 0.05) is 20.2 Å². The molecule has 0 saturated carbocycles. The van der Waals surface area contributed by atoms with E-state index < -0.39 is 5.97 Å². The fourth-order valence-corrected chi connectivity index (χ4v) is 3.46. The molecule has 0 amide bonds. The van der Waals surface area contributed by atoms with Gasteiger partial charge in [0.05, 0.1) is 5.56 Å². The standard InChI is InChI=1S/C21H25NO4/c1-25-21(16-26-19-9-3-2-4-10-19)11-6-12-22(15-21)14-17-7-5-8-18(13-17)20(23)24/h2-5,7-10,13H,6,11-12,14-16H2,1H3,(H,23,24)/t21-/m1/s1. The third-order valence-electron chi connectivity index (χ3n) is 4.88. The van der Waals surface area contributed by atoms with Crippen molar-refractivity contribution in [1.82, 2.24) is 4.90 Å². The van der Waals surface area contributed by atoms with Crippen LogP contribution in [0.15, 0.2) is 54.6 Å². The predicted molar refractivity (Wildman–Crippen MR) is 99.6 cm³/mol. The Kier molecular flexibility index (Phi) is 5.91. The third-order valence-corrected chi connectivity index (χ3v) is 4.88. The Hall–Kier alpha value is -2.37. The Morgan fingerprint density at radius 2 is 2.00 bits per heavy atom. The van der Waals surface area contributed by atoms with Gasteiger partial charge >= 0.3 is 5.97 Å². The molecule has 0 aromatic heterocycles. The summed E-state index contributed by atoms with van der Waals surface area (Å²) in [5.74, 6) is -0.0526. The number of methoxy groups -OCH3 is 1. The van der Waals surface area contributed by atoms with Crippen LogP contribution in [0, 0.1) is 0 Å². The van der Waals surface area contributed by atoms with Gasteiger partial charge in [-0.05, 0) is 49.2 Å². The molecule has 1 atom stereocenters. The molecule has 1 aliphatic heterocycles. The number of piperidine rings is 1. The molecule has 5 heteroatoms. The Morgan fingerprint density at radius 3 is 2.73 bits per heavy atom. The molecule has 5 nitrogen and oxygen atoms in total. The zero-order valence-electron chi connectivity index (χ0n) is 15.1. The SMILES string of the molecule is CO[C@]1(COc2ccccc2)CCCN(Cc2cccc(C(=O)O)c2)C1. The fourth-order valence-electron chi connectivity index (χ4n) is 3.46. The minimum atomic E-state index is -0.895. The van der Waals surface area contributed by atoms with Gasteiger partial charge < -0.3 is 14.6 Å². The van der Waals surface area contributed by atoms with Gasteiger partial charge in [0.25, 0.3) is 0 Å². The second kappa shape index (κ2) is 8.34. The van der Waals surface area contributed by atoms with Gasteiger partial charge in [-0.25, -0.2) is 4.79 Å². The molecule has 26 heavy (non-hydrogen) atoms. The van der Waals surface area contributed by atoms with Crippen LogP contribution in [0.25, 0.3) is 0 Å². The van der Waals surface area contributed by atoms with Gasteiger partial charge in [-0.15, -0.1) is 0 Å². The van der Waals surface area contributed by atoms with Crippen molar-refractivity contribution in [3.8, 4) is 5.75 Å². The van der Waals surface area contributed by atoms with Crippen LogP contribution >= 0.6 is 0 Å². The quantitative estimate of drug-likeness (QED) is 0.824. The maximum atomic E-state index is 11.2. The van der Waals surface area contributed by atoms with Gasteiger partial charge in [-0.3, -0.25) is 4.90 Å². The Balaban J connectivity index is 1.65. The van der Waals surface area contributed by atoms with Crippen LogP contribution in [0.5, 0.6) is 5.75 Å². The smallest absolute Gasteiger partial charge is 0.335 e. The number of aromatic carboxylic acids is 1. The predicted octanol–water partition coefficient (Wildman–Crippen LogP) is 3.44. The number of nitrogens with zero attached hydrogens (tertiary/aromatic N) is 1. The van der Waals surface area contributed by atoms with Crippen LogP contribution in [0.1, 0.15) is 28.8 Å². The summed E-state index contributed by atoms with van der Waals surface area (Å²) in [6.07, 6.45) is 1.96. The van der Waals surface area contributed by atoms with Crippen LogP contribution < -0.4 is 4.74 Å². The lowest BCUT2D eigenvalue weighted by Gasteiger charge is -2.41. The van der Waals surface area contributed by atoms with Crippen molar-refractivity contribution in [1.29, 1.82) is 0 Å². The molecule has 0 radical (unpaired) electrons. The topological polar surface area (TPSA) is 59.0 Å². The molecule has 0 spiro atoms. The van der Waals surface area contributed by atoms with Crippen LogP contribution in [-0.4, -0.2) is 48.4 Å². The molecule has 1 aliphatic rings. The molecule has 0 aliphatic carbocycles. The average Bonchev–Trinajstić information content (AvgIpc) is 2.68. The zero-order chi connectivity index (χ0) is 18.4. The van der Waals surface area contributed by atoms with E-state index >= 15 is 0 Å². The lowest BCUT2D eigenvalue weighted by atomic mass is 9.93. The monoisotopic (exact) mass is 355 g/mol. The number of hydrogen-bond donors (Lipinski definition) is 1. The van der Waals surface area contributed by atoms with Crippen molar-refractivity contribution in [2.75, 3.05) is 26.8 Å². The van der Waals surface area contributed by atoms with E-state index in [0.29, 0.717) is 18.7 Å². The van der Waals surface area contributed by atoms with Crippen molar-refractivity contribution in [2.45, 2.75) is 25.0 Å². The molecule has 2 aromatic rings. The molecular formula is C21H25NO4. The van der Waals surface area contributed by atoms with Crippen molar-refractivity contribution in [3.05, 3.63) is 65.7 Å². The highest BCUT2D eigenvalue weighted by Crippen LogP contribution is 2.27. The molecule has 0 unspecified atom stereocenters. The highest BCUT2D eigenvalue weighted by atomic mass is 16.5. The van der Waals surface area contributed by atoms with E-state index in [0.717, 1.165) is 37.2 Å².